The van der Waals surface area contributed by atoms with Crippen molar-refractivity contribution in [3.63, 3.8) is 0 Å². The Morgan fingerprint density at radius 2 is 2.00 bits per heavy atom. The van der Waals surface area contributed by atoms with Crippen LogP contribution < -0.4 is 5.32 Å². The van der Waals surface area contributed by atoms with E-state index >= 15 is 0 Å². The van der Waals surface area contributed by atoms with Crippen LogP contribution in [0.1, 0.15) is 24.2 Å². The number of hydrogen-bond donors (Lipinski definition) is 2. The number of carbonyl (C=O) groups is 2. The van der Waals surface area contributed by atoms with Crippen LogP contribution in [0.25, 0.3) is 0 Å². The zero-order valence-electron chi connectivity index (χ0n) is 9.77. The van der Waals surface area contributed by atoms with Gasteiger partial charge in [0.25, 0.3) is 0 Å². The topological polar surface area (TPSA) is 66.4 Å². The zero-order valence-corrected chi connectivity index (χ0v) is 10.6. The van der Waals surface area contributed by atoms with E-state index in [1.165, 1.54) is 17.8 Å². The molecule has 0 aliphatic carbocycles. The van der Waals surface area contributed by atoms with Gasteiger partial charge in [0.05, 0.1) is 17.0 Å². The Morgan fingerprint density at radius 3 is 2.59 bits per heavy atom. The summed E-state index contributed by atoms with van der Waals surface area (Å²) >= 11 is 1.51. The van der Waals surface area contributed by atoms with Crippen LogP contribution in [-0.2, 0) is 4.79 Å². The molecule has 0 atom stereocenters. The highest BCUT2D eigenvalue weighted by Gasteiger charge is 2.11. The van der Waals surface area contributed by atoms with Crippen molar-refractivity contribution < 1.29 is 14.7 Å². The molecule has 5 heteroatoms. The molecule has 0 bridgehead atoms. The number of nitrogens with one attached hydrogen (secondary N) is 1. The fourth-order valence-corrected chi connectivity index (χ4v) is 1.76. The van der Waals surface area contributed by atoms with E-state index in [2.05, 4.69) is 5.32 Å². The number of carboxylic acids is 1. The molecule has 1 amide bonds. The summed E-state index contributed by atoms with van der Waals surface area (Å²) in [4.78, 5) is 22.5. The summed E-state index contributed by atoms with van der Waals surface area (Å²) in [6.45, 7) is 4.01. The second-order valence-corrected chi connectivity index (χ2v) is 5.32. The number of benzene rings is 1. The number of aromatic carboxylic acids is 1. The number of amides is 1. The van der Waals surface area contributed by atoms with Crippen LogP contribution in [0.15, 0.2) is 24.3 Å². The lowest BCUT2D eigenvalue weighted by molar-refractivity contribution is -0.113. The average molecular weight is 253 g/mol. The Bertz CT molecular complexity index is 418. The van der Waals surface area contributed by atoms with E-state index in [0.717, 1.165) is 0 Å². The normalized spacial score (nSPS) is 10.3. The van der Waals surface area contributed by atoms with Crippen LogP contribution in [-0.4, -0.2) is 28.0 Å². The van der Waals surface area contributed by atoms with Gasteiger partial charge in [-0.2, -0.15) is 0 Å². The predicted octanol–water partition coefficient (Wildman–Crippen LogP) is 2.46. The first-order valence-electron chi connectivity index (χ1n) is 5.24. The minimum atomic E-state index is -1.04. The average Bonchev–Trinajstić information content (AvgIpc) is 2.27. The quantitative estimate of drug-likeness (QED) is 0.846. The minimum absolute atomic E-state index is 0.107. The first kappa shape index (κ1) is 13.6. The summed E-state index contributed by atoms with van der Waals surface area (Å²) in [6, 6.07) is 6.37. The molecular weight excluding hydrogens is 238 g/mol. The molecule has 0 saturated carbocycles. The largest absolute Gasteiger partial charge is 0.478 e. The number of para-hydroxylation sites is 1. The number of thioether (sulfide) groups is 1. The third kappa shape index (κ3) is 4.48. The molecule has 0 aliphatic rings. The highest BCUT2D eigenvalue weighted by atomic mass is 32.2. The molecule has 0 saturated heterocycles. The van der Waals surface area contributed by atoms with Crippen molar-refractivity contribution in [3.05, 3.63) is 29.8 Å². The monoisotopic (exact) mass is 253 g/mol. The number of carbonyl (C=O) groups excluding carboxylic acids is 1. The maximum absolute atomic E-state index is 11.6. The van der Waals surface area contributed by atoms with Crippen molar-refractivity contribution in [1.82, 2.24) is 0 Å². The van der Waals surface area contributed by atoms with E-state index < -0.39 is 5.97 Å². The van der Waals surface area contributed by atoms with Gasteiger partial charge in [0, 0.05) is 0 Å². The predicted molar refractivity (Wildman–Crippen MR) is 69.6 cm³/mol. The third-order valence-electron chi connectivity index (χ3n) is 1.98. The van der Waals surface area contributed by atoms with Gasteiger partial charge >= 0.3 is 5.97 Å². The first-order chi connectivity index (χ1) is 8.00. The molecule has 1 rings (SSSR count). The SMILES string of the molecule is CC(C)SCC(=O)Nc1ccccc1C(=O)O. The molecule has 0 aliphatic heterocycles. The van der Waals surface area contributed by atoms with E-state index in [4.69, 9.17) is 5.11 Å². The summed E-state index contributed by atoms with van der Waals surface area (Å²) in [5.41, 5.74) is 0.449. The number of rotatable bonds is 5. The molecule has 0 unspecified atom stereocenters. The molecule has 1 aromatic carbocycles. The minimum Gasteiger partial charge on any atom is -0.478 e. The lowest BCUT2D eigenvalue weighted by atomic mass is 10.2. The lowest BCUT2D eigenvalue weighted by Crippen LogP contribution is -2.17. The van der Waals surface area contributed by atoms with Crippen molar-refractivity contribution in [3.8, 4) is 0 Å². The van der Waals surface area contributed by atoms with E-state index in [0.29, 0.717) is 16.7 Å². The van der Waals surface area contributed by atoms with Crippen LogP contribution in [0.5, 0.6) is 0 Å². The molecule has 0 radical (unpaired) electrons. The van der Waals surface area contributed by atoms with Crippen molar-refractivity contribution in [2.45, 2.75) is 19.1 Å². The fraction of sp³-hybridized carbons (Fsp3) is 0.333. The van der Waals surface area contributed by atoms with Crippen LogP contribution in [0.3, 0.4) is 0 Å². The van der Waals surface area contributed by atoms with Gasteiger partial charge in [0.2, 0.25) is 5.91 Å². The van der Waals surface area contributed by atoms with E-state index in [1.807, 2.05) is 13.8 Å². The van der Waals surface area contributed by atoms with Gasteiger partial charge in [0.15, 0.2) is 0 Å². The van der Waals surface area contributed by atoms with Crippen LogP contribution in [0.4, 0.5) is 5.69 Å². The Balaban J connectivity index is 2.68. The third-order valence-corrected chi connectivity index (χ3v) is 3.07. The second-order valence-electron chi connectivity index (χ2n) is 3.76. The van der Waals surface area contributed by atoms with Crippen molar-refractivity contribution >= 4 is 29.3 Å². The molecule has 92 valence electrons. The van der Waals surface area contributed by atoms with Crippen LogP contribution >= 0.6 is 11.8 Å². The Hall–Kier alpha value is -1.49. The molecular formula is C12H15NO3S. The summed E-state index contributed by atoms with van der Waals surface area (Å²) < 4.78 is 0. The molecule has 4 nitrogen and oxygen atoms in total. The summed E-state index contributed by atoms with van der Waals surface area (Å²) in [7, 11) is 0. The highest BCUT2D eigenvalue weighted by Crippen LogP contribution is 2.16. The van der Waals surface area contributed by atoms with Crippen molar-refractivity contribution in [2.75, 3.05) is 11.1 Å². The van der Waals surface area contributed by atoms with Crippen LogP contribution in [0.2, 0.25) is 0 Å². The first-order valence-corrected chi connectivity index (χ1v) is 6.29. The number of carboxylic acid groups (broad SMARTS) is 1. The van der Waals surface area contributed by atoms with E-state index in [9.17, 15) is 9.59 Å². The van der Waals surface area contributed by atoms with Crippen molar-refractivity contribution in [2.24, 2.45) is 0 Å². The number of hydrogen-bond acceptors (Lipinski definition) is 3. The Morgan fingerprint density at radius 1 is 1.35 bits per heavy atom. The van der Waals surface area contributed by atoms with Gasteiger partial charge in [0.1, 0.15) is 0 Å². The smallest absolute Gasteiger partial charge is 0.337 e. The zero-order chi connectivity index (χ0) is 12.8. The molecule has 17 heavy (non-hydrogen) atoms. The molecule has 0 spiro atoms. The van der Waals surface area contributed by atoms with E-state index in [1.54, 1.807) is 18.2 Å². The standard InChI is InChI=1S/C12H15NO3S/c1-8(2)17-7-11(14)13-10-6-4-3-5-9(10)12(15)16/h3-6,8H,7H2,1-2H3,(H,13,14)(H,15,16). The Labute approximate surface area is 104 Å². The molecule has 2 N–H and O–H groups in total. The molecule has 0 fully saturated rings. The Kier molecular flexibility index (Phi) is 5.03. The van der Waals surface area contributed by atoms with Gasteiger partial charge in [-0.3, -0.25) is 4.79 Å². The summed E-state index contributed by atoms with van der Waals surface area (Å²) in [5, 5.41) is 11.9. The molecule has 1 aromatic rings. The van der Waals surface area contributed by atoms with E-state index in [-0.39, 0.29) is 11.5 Å². The second kappa shape index (κ2) is 6.30. The summed E-state index contributed by atoms with van der Waals surface area (Å²) in [6.07, 6.45) is 0. The van der Waals surface area contributed by atoms with Gasteiger partial charge in [-0.25, -0.2) is 4.79 Å². The molecule has 0 heterocycles. The molecule has 0 aromatic heterocycles. The van der Waals surface area contributed by atoms with Crippen molar-refractivity contribution in [1.29, 1.82) is 0 Å². The van der Waals surface area contributed by atoms with Gasteiger partial charge in [-0.1, -0.05) is 26.0 Å². The maximum Gasteiger partial charge on any atom is 0.337 e. The van der Waals surface area contributed by atoms with Gasteiger partial charge < -0.3 is 10.4 Å². The highest BCUT2D eigenvalue weighted by molar-refractivity contribution is 8.00. The number of anilines is 1. The van der Waals surface area contributed by atoms with Gasteiger partial charge in [-0.15, -0.1) is 11.8 Å². The maximum atomic E-state index is 11.6. The fourth-order valence-electron chi connectivity index (χ4n) is 1.21. The van der Waals surface area contributed by atoms with Crippen LogP contribution in [0, 0.1) is 0 Å². The summed E-state index contributed by atoms with van der Waals surface area (Å²) in [5.74, 6) is -0.902. The lowest BCUT2D eigenvalue weighted by Gasteiger charge is -2.09. The van der Waals surface area contributed by atoms with Gasteiger partial charge in [-0.05, 0) is 17.4 Å².